The predicted octanol–water partition coefficient (Wildman–Crippen LogP) is 6.66. The number of alkyl halides is 3. The monoisotopic (exact) mass is 369 g/mol. The van der Waals surface area contributed by atoms with E-state index in [0.29, 0.717) is 17.4 Å². The van der Waals surface area contributed by atoms with Crippen LogP contribution in [0.2, 0.25) is 0 Å². The maximum absolute atomic E-state index is 13.4. The predicted molar refractivity (Wildman–Crippen MR) is 102 cm³/mol. The Kier molecular flexibility index (Phi) is 4.23. The number of aldehydes is 1. The lowest BCUT2D eigenvalue weighted by molar-refractivity contribution is -0.137. The van der Waals surface area contributed by atoms with Gasteiger partial charge in [0.25, 0.3) is 0 Å². The third-order valence-electron chi connectivity index (χ3n) is 4.14. The molecule has 4 heteroatoms. The van der Waals surface area contributed by atoms with Crippen molar-refractivity contribution in [2.24, 2.45) is 0 Å². The third kappa shape index (κ3) is 4.17. The molecule has 0 aliphatic heterocycles. The van der Waals surface area contributed by atoms with E-state index in [4.69, 9.17) is 4.11 Å². The van der Waals surface area contributed by atoms with Crippen molar-refractivity contribution in [3.05, 3.63) is 94.5 Å². The highest BCUT2D eigenvalue weighted by Crippen LogP contribution is 2.34. The zero-order valence-electron chi connectivity index (χ0n) is 17.1. The molecule has 0 saturated carbocycles. The minimum absolute atomic E-state index is 0.0487. The molecule has 3 aromatic rings. The zero-order valence-corrected chi connectivity index (χ0v) is 14.1. The molecule has 136 valence electrons. The fourth-order valence-corrected chi connectivity index (χ4v) is 2.80. The lowest BCUT2D eigenvalue weighted by atomic mass is 9.95. The molecule has 3 rings (SSSR count). The molecule has 0 unspecified atom stereocenters. The van der Waals surface area contributed by atoms with Crippen LogP contribution in [0.5, 0.6) is 0 Å². The summed E-state index contributed by atoms with van der Waals surface area (Å²) in [7, 11) is 0. The van der Waals surface area contributed by atoms with E-state index in [2.05, 4.69) is 0 Å². The lowest BCUT2D eigenvalue weighted by Crippen LogP contribution is -2.07. The normalized spacial score (nSPS) is 13.8. The molecule has 0 aliphatic carbocycles. The van der Waals surface area contributed by atoms with Crippen LogP contribution in [-0.4, -0.2) is 6.29 Å². The Morgan fingerprint density at radius 2 is 1.63 bits per heavy atom. The molecule has 0 N–H and O–H groups in total. The number of halogens is 3. The molecule has 0 radical (unpaired) electrons. The molecule has 0 bridgehead atoms. The fourth-order valence-electron chi connectivity index (χ4n) is 2.80. The molecular weight excluding hydrogens is 349 g/mol. The standard InChI is InChI=1S/C23H17F3O/c1-16-18(8-5-9-21(16)19-6-3-2-4-7-19)11-12-20-14-17(15-27)10-13-22(20)23(24,25)26/h2-15H,1H3/b12-11+/i1D3. The Morgan fingerprint density at radius 1 is 0.889 bits per heavy atom. The van der Waals surface area contributed by atoms with Crippen LogP contribution >= 0.6 is 0 Å². The van der Waals surface area contributed by atoms with E-state index < -0.39 is 18.6 Å². The number of carbonyl (C=O) groups excluding carboxylic acids is 1. The molecular formula is C23H17F3O. The van der Waals surface area contributed by atoms with E-state index in [0.717, 1.165) is 18.2 Å². The van der Waals surface area contributed by atoms with Gasteiger partial charge in [-0.25, -0.2) is 0 Å². The summed E-state index contributed by atoms with van der Waals surface area (Å²) >= 11 is 0. The van der Waals surface area contributed by atoms with Crippen LogP contribution in [0.4, 0.5) is 13.2 Å². The van der Waals surface area contributed by atoms with Crippen LogP contribution in [0.3, 0.4) is 0 Å². The number of rotatable bonds is 4. The second-order valence-corrected chi connectivity index (χ2v) is 5.93. The van der Waals surface area contributed by atoms with E-state index in [1.54, 1.807) is 48.5 Å². The lowest BCUT2D eigenvalue weighted by Gasteiger charge is -2.12. The van der Waals surface area contributed by atoms with Crippen LogP contribution < -0.4 is 0 Å². The van der Waals surface area contributed by atoms with Crippen molar-refractivity contribution in [2.45, 2.75) is 13.0 Å². The van der Waals surface area contributed by atoms with Crippen LogP contribution in [0.25, 0.3) is 23.3 Å². The highest BCUT2D eigenvalue weighted by molar-refractivity contribution is 5.81. The van der Waals surface area contributed by atoms with E-state index in [9.17, 15) is 18.0 Å². The summed E-state index contributed by atoms with van der Waals surface area (Å²) in [5.41, 5.74) is 0.478. The fraction of sp³-hybridized carbons (Fsp3) is 0.0870. The summed E-state index contributed by atoms with van der Waals surface area (Å²) in [6.07, 6.45) is -1.62. The Bertz CT molecular complexity index is 1090. The van der Waals surface area contributed by atoms with Crippen LogP contribution in [0.1, 0.15) is 36.7 Å². The number of carbonyl (C=O) groups is 1. The Hall–Kier alpha value is -3.14. The van der Waals surface area contributed by atoms with Gasteiger partial charge in [0, 0.05) is 9.68 Å². The van der Waals surface area contributed by atoms with Gasteiger partial charge in [0.15, 0.2) is 0 Å². The molecule has 0 aliphatic rings. The van der Waals surface area contributed by atoms with Gasteiger partial charge in [-0.15, -0.1) is 0 Å². The van der Waals surface area contributed by atoms with E-state index in [-0.39, 0.29) is 22.3 Å². The molecule has 3 aromatic carbocycles. The van der Waals surface area contributed by atoms with Gasteiger partial charge in [0.05, 0.1) is 5.56 Å². The van der Waals surface area contributed by atoms with Crippen molar-refractivity contribution in [1.29, 1.82) is 0 Å². The first-order valence-corrected chi connectivity index (χ1v) is 8.14. The molecule has 0 fully saturated rings. The average Bonchev–Trinajstić information content (AvgIpc) is 2.71. The summed E-state index contributed by atoms with van der Waals surface area (Å²) in [4.78, 5) is 11.0. The molecule has 1 nitrogen and oxygen atoms in total. The third-order valence-corrected chi connectivity index (χ3v) is 4.14. The zero-order chi connectivity index (χ0) is 21.9. The Balaban J connectivity index is 2.17. The first-order chi connectivity index (χ1) is 14.1. The van der Waals surface area contributed by atoms with Crippen molar-refractivity contribution in [3.63, 3.8) is 0 Å². The highest BCUT2D eigenvalue weighted by Gasteiger charge is 2.32. The summed E-state index contributed by atoms with van der Waals surface area (Å²) < 4.78 is 64.0. The molecule has 0 heterocycles. The number of benzene rings is 3. The van der Waals surface area contributed by atoms with Crippen LogP contribution in [0.15, 0.2) is 66.7 Å². The van der Waals surface area contributed by atoms with Crippen LogP contribution in [0, 0.1) is 6.85 Å². The molecule has 0 amide bonds. The largest absolute Gasteiger partial charge is 0.416 e. The quantitative estimate of drug-likeness (QED) is 0.371. The summed E-state index contributed by atoms with van der Waals surface area (Å²) in [6, 6.07) is 16.8. The van der Waals surface area contributed by atoms with Crippen molar-refractivity contribution >= 4 is 18.4 Å². The maximum Gasteiger partial charge on any atom is 0.416 e. The summed E-state index contributed by atoms with van der Waals surface area (Å²) in [5.74, 6) is 0. The van der Waals surface area contributed by atoms with Crippen molar-refractivity contribution in [1.82, 2.24) is 0 Å². The summed E-state index contributed by atoms with van der Waals surface area (Å²) in [6.45, 7) is -2.48. The SMILES string of the molecule is [2H]C([2H])([2H])c1c(/C=C/c2cc(C=O)ccc2C(F)(F)F)cccc1-c1ccccc1. The van der Waals surface area contributed by atoms with Gasteiger partial charge < -0.3 is 0 Å². The molecule has 0 aromatic heterocycles. The Morgan fingerprint density at radius 3 is 2.30 bits per heavy atom. The number of hydrogen-bond acceptors (Lipinski definition) is 1. The van der Waals surface area contributed by atoms with Gasteiger partial charge in [-0.2, -0.15) is 13.2 Å². The van der Waals surface area contributed by atoms with Gasteiger partial charge >= 0.3 is 6.18 Å². The van der Waals surface area contributed by atoms with E-state index in [1.807, 2.05) is 0 Å². The minimum atomic E-state index is -4.61. The minimum Gasteiger partial charge on any atom is -0.298 e. The summed E-state index contributed by atoms with van der Waals surface area (Å²) in [5, 5.41) is 0. The van der Waals surface area contributed by atoms with Crippen molar-refractivity contribution < 1.29 is 22.1 Å². The number of hydrogen-bond donors (Lipinski definition) is 0. The van der Waals surface area contributed by atoms with Crippen molar-refractivity contribution in [3.8, 4) is 11.1 Å². The Labute approximate surface area is 160 Å². The van der Waals surface area contributed by atoms with Crippen LogP contribution in [-0.2, 0) is 6.18 Å². The highest BCUT2D eigenvalue weighted by atomic mass is 19.4. The van der Waals surface area contributed by atoms with Crippen molar-refractivity contribution in [2.75, 3.05) is 0 Å². The molecule has 0 saturated heterocycles. The second-order valence-electron chi connectivity index (χ2n) is 5.93. The maximum atomic E-state index is 13.4. The van der Waals surface area contributed by atoms with Gasteiger partial charge in [-0.3, -0.25) is 4.79 Å². The average molecular weight is 369 g/mol. The molecule has 0 atom stereocenters. The molecule has 27 heavy (non-hydrogen) atoms. The molecule has 0 spiro atoms. The topological polar surface area (TPSA) is 17.1 Å². The first kappa shape index (κ1) is 15.0. The smallest absolute Gasteiger partial charge is 0.298 e. The van der Waals surface area contributed by atoms with Gasteiger partial charge in [0.2, 0.25) is 0 Å². The van der Waals surface area contributed by atoms with E-state index in [1.165, 1.54) is 12.2 Å². The van der Waals surface area contributed by atoms with Gasteiger partial charge in [0.1, 0.15) is 6.29 Å². The van der Waals surface area contributed by atoms with Gasteiger partial charge in [-0.05, 0) is 46.8 Å². The van der Waals surface area contributed by atoms with Gasteiger partial charge in [-0.1, -0.05) is 66.7 Å². The first-order valence-electron chi connectivity index (χ1n) is 9.64. The van der Waals surface area contributed by atoms with E-state index >= 15 is 0 Å². The second kappa shape index (κ2) is 7.62.